The van der Waals surface area contributed by atoms with Gasteiger partial charge in [0.25, 0.3) is 6.01 Å². The van der Waals surface area contributed by atoms with E-state index in [1.165, 1.54) is 0 Å². The van der Waals surface area contributed by atoms with Crippen molar-refractivity contribution in [2.24, 2.45) is 0 Å². The Morgan fingerprint density at radius 2 is 2.53 bits per heavy atom. The zero-order valence-electron chi connectivity index (χ0n) is 8.34. The van der Waals surface area contributed by atoms with E-state index in [1.807, 2.05) is 7.05 Å². The lowest BCUT2D eigenvalue weighted by Gasteiger charge is -2.20. The van der Waals surface area contributed by atoms with Gasteiger partial charge in [-0.15, -0.1) is 0 Å². The summed E-state index contributed by atoms with van der Waals surface area (Å²) in [5.41, 5.74) is -0.0734. The lowest BCUT2D eigenvalue weighted by Crippen LogP contribution is -2.32. The van der Waals surface area contributed by atoms with Crippen LogP contribution in [-0.4, -0.2) is 42.4 Å². The van der Waals surface area contributed by atoms with Gasteiger partial charge in [-0.05, 0) is 6.42 Å². The van der Waals surface area contributed by atoms with Gasteiger partial charge in [0.05, 0.1) is 12.6 Å². The second-order valence-electron chi connectivity index (χ2n) is 3.45. The molecule has 1 unspecified atom stereocenters. The smallest absolute Gasteiger partial charge is 0.357 e. The third-order valence-corrected chi connectivity index (χ3v) is 2.47. The van der Waals surface area contributed by atoms with E-state index in [-0.39, 0.29) is 11.7 Å². The third-order valence-electron chi connectivity index (χ3n) is 2.47. The molecular weight excluding hydrogens is 200 g/mol. The van der Waals surface area contributed by atoms with Crippen LogP contribution >= 0.6 is 0 Å². The van der Waals surface area contributed by atoms with Crippen molar-refractivity contribution in [3.63, 3.8) is 0 Å². The molecule has 0 aromatic carbocycles. The molecule has 2 heterocycles. The molecule has 1 saturated heterocycles. The van der Waals surface area contributed by atoms with Crippen molar-refractivity contribution in [2.45, 2.75) is 12.5 Å². The van der Waals surface area contributed by atoms with Gasteiger partial charge in [0.2, 0.25) is 0 Å². The van der Waals surface area contributed by atoms with Gasteiger partial charge in [-0.2, -0.15) is 4.98 Å². The molecule has 82 valence electrons. The van der Waals surface area contributed by atoms with Crippen molar-refractivity contribution in [1.29, 1.82) is 0 Å². The second-order valence-corrected chi connectivity index (χ2v) is 3.45. The number of aromatic nitrogens is 1. The van der Waals surface area contributed by atoms with Gasteiger partial charge in [-0.1, -0.05) is 0 Å². The van der Waals surface area contributed by atoms with Crippen LogP contribution in [0.1, 0.15) is 16.9 Å². The lowest BCUT2D eigenvalue weighted by atomic mass is 10.2. The topological polar surface area (TPSA) is 75.8 Å². The summed E-state index contributed by atoms with van der Waals surface area (Å²) in [6, 6.07) is 0.535. The molecule has 0 saturated carbocycles. The average molecular weight is 212 g/mol. The molecule has 1 N–H and O–H groups in total. The molecule has 0 bridgehead atoms. The SMILES string of the molecule is CN(c1nc(C(=O)O)co1)C1CCOC1. The minimum absolute atomic E-state index is 0.0734. The van der Waals surface area contributed by atoms with Crippen molar-refractivity contribution in [2.75, 3.05) is 25.2 Å². The van der Waals surface area contributed by atoms with Crippen molar-refractivity contribution in [3.8, 4) is 0 Å². The maximum Gasteiger partial charge on any atom is 0.357 e. The molecule has 1 aromatic heterocycles. The molecule has 15 heavy (non-hydrogen) atoms. The summed E-state index contributed by atoms with van der Waals surface area (Å²) >= 11 is 0. The van der Waals surface area contributed by atoms with Gasteiger partial charge in [-0.25, -0.2) is 4.79 Å². The third kappa shape index (κ3) is 1.94. The van der Waals surface area contributed by atoms with Crippen molar-refractivity contribution >= 4 is 12.0 Å². The molecule has 0 radical (unpaired) electrons. The fourth-order valence-electron chi connectivity index (χ4n) is 1.51. The molecule has 1 aliphatic rings. The van der Waals surface area contributed by atoms with E-state index in [0.717, 1.165) is 19.3 Å². The summed E-state index contributed by atoms with van der Waals surface area (Å²) in [6.07, 6.45) is 2.05. The van der Waals surface area contributed by atoms with Gasteiger partial charge in [0.15, 0.2) is 5.69 Å². The summed E-state index contributed by atoms with van der Waals surface area (Å²) in [5, 5.41) is 8.68. The number of anilines is 1. The van der Waals surface area contributed by atoms with Crippen LogP contribution in [0.15, 0.2) is 10.7 Å². The number of aromatic carboxylic acids is 1. The zero-order chi connectivity index (χ0) is 10.8. The first-order valence-electron chi connectivity index (χ1n) is 4.68. The Morgan fingerprint density at radius 3 is 3.07 bits per heavy atom. The van der Waals surface area contributed by atoms with E-state index >= 15 is 0 Å². The highest BCUT2D eigenvalue weighted by molar-refractivity contribution is 5.85. The Hall–Kier alpha value is -1.56. The zero-order valence-corrected chi connectivity index (χ0v) is 8.34. The van der Waals surface area contributed by atoms with Crippen LogP contribution in [0.4, 0.5) is 6.01 Å². The van der Waals surface area contributed by atoms with E-state index in [0.29, 0.717) is 12.6 Å². The van der Waals surface area contributed by atoms with Crippen LogP contribution in [-0.2, 0) is 4.74 Å². The highest BCUT2D eigenvalue weighted by atomic mass is 16.5. The molecule has 0 amide bonds. The van der Waals surface area contributed by atoms with Gasteiger partial charge < -0.3 is 19.2 Å². The summed E-state index contributed by atoms with van der Waals surface area (Å²) in [4.78, 5) is 16.3. The molecular formula is C9H12N2O4. The Morgan fingerprint density at radius 1 is 1.73 bits per heavy atom. The molecule has 1 fully saturated rings. The van der Waals surface area contributed by atoms with Gasteiger partial charge in [-0.3, -0.25) is 0 Å². The standard InChI is InChI=1S/C9H12N2O4/c1-11(6-2-3-14-4-6)9-10-7(5-15-9)8(12)13/h5-6H,2-4H2,1H3,(H,12,13). The van der Waals surface area contributed by atoms with Crippen molar-refractivity contribution in [1.82, 2.24) is 4.98 Å². The molecule has 1 aliphatic heterocycles. The van der Waals surface area contributed by atoms with Crippen LogP contribution < -0.4 is 4.90 Å². The van der Waals surface area contributed by atoms with Crippen LogP contribution in [0, 0.1) is 0 Å². The predicted molar refractivity (Wildman–Crippen MR) is 51.1 cm³/mol. The first-order valence-corrected chi connectivity index (χ1v) is 4.68. The van der Waals surface area contributed by atoms with E-state index in [4.69, 9.17) is 14.3 Å². The van der Waals surface area contributed by atoms with Crippen LogP contribution in [0.2, 0.25) is 0 Å². The van der Waals surface area contributed by atoms with E-state index < -0.39 is 5.97 Å². The number of rotatable bonds is 3. The Kier molecular flexibility index (Phi) is 2.59. The van der Waals surface area contributed by atoms with Crippen LogP contribution in [0.25, 0.3) is 0 Å². The Bertz CT molecular complexity index is 357. The van der Waals surface area contributed by atoms with Gasteiger partial charge >= 0.3 is 5.97 Å². The number of carboxylic acids is 1. The Balaban J connectivity index is 2.10. The number of hydrogen-bond donors (Lipinski definition) is 1. The number of oxazole rings is 1. The number of carbonyl (C=O) groups is 1. The van der Waals surface area contributed by atoms with E-state index in [2.05, 4.69) is 4.98 Å². The minimum atomic E-state index is -1.08. The number of ether oxygens (including phenoxy) is 1. The summed E-state index contributed by atoms with van der Waals surface area (Å²) in [6.45, 7) is 1.35. The van der Waals surface area contributed by atoms with E-state index in [1.54, 1.807) is 4.90 Å². The lowest BCUT2D eigenvalue weighted by molar-refractivity contribution is 0.0690. The van der Waals surface area contributed by atoms with Crippen molar-refractivity contribution < 1.29 is 19.1 Å². The van der Waals surface area contributed by atoms with Gasteiger partial charge in [0, 0.05) is 13.7 Å². The molecule has 1 atom stereocenters. The second kappa shape index (κ2) is 3.90. The number of nitrogens with zero attached hydrogens (tertiary/aromatic N) is 2. The number of carboxylic acid groups (broad SMARTS) is 1. The maximum atomic E-state index is 10.6. The van der Waals surface area contributed by atoms with Gasteiger partial charge in [0.1, 0.15) is 6.26 Å². The number of likely N-dealkylation sites (N-methyl/N-ethyl adjacent to an activating group) is 1. The normalized spacial score (nSPS) is 20.5. The molecule has 6 nitrogen and oxygen atoms in total. The monoisotopic (exact) mass is 212 g/mol. The molecule has 0 aliphatic carbocycles. The molecule has 1 aromatic rings. The van der Waals surface area contributed by atoms with Crippen LogP contribution in [0.3, 0.4) is 0 Å². The highest BCUT2D eigenvalue weighted by Crippen LogP contribution is 2.19. The van der Waals surface area contributed by atoms with Crippen LogP contribution in [0.5, 0.6) is 0 Å². The van der Waals surface area contributed by atoms with Crippen molar-refractivity contribution in [3.05, 3.63) is 12.0 Å². The first kappa shape index (κ1) is 9.97. The highest BCUT2D eigenvalue weighted by Gasteiger charge is 2.24. The molecule has 2 rings (SSSR count). The molecule has 6 heteroatoms. The molecule has 0 spiro atoms. The summed E-state index contributed by atoms with van der Waals surface area (Å²) in [7, 11) is 1.82. The fraction of sp³-hybridized carbons (Fsp3) is 0.556. The first-order chi connectivity index (χ1) is 7.18. The maximum absolute atomic E-state index is 10.6. The largest absolute Gasteiger partial charge is 0.476 e. The van der Waals surface area contributed by atoms with E-state index in [9.17, 15) is 4.79 Å². The Labute approximate surface area is 86.5 Å². The number of hydrogen-bond acceptors (Lipinski definition) is 5. The fourth-order valence-corrected chi connectivity index (χ4v) is 1.51. The summed E-state index contributed by atoms with van der Waals surface area (Å²) in [5.74, 6) is -1.08. The minimum Gasteiger partial charge on any atom is -0.476 e. The predicted octanol–water partition coefficient (Wildman–Crippen LogP) is 0.598. The summed E-state index contributed by atoms with van der Waals surface area (Å²) < 4.78 is 10.3. The average Bonchev–Trinajstić information content (AvgIpc) is 2.88. The quantitative estimate of drug-likeness (QED) is 0.790.